The first-order valence-electron chi connectivity index (χ1n) is 7.34. The van der Waals surface area contributed by atoms with Crippen LogP contribution in [0.5, 0.6) is 0 Å². The molecular weight excluding hydrogens is 220 g/mol. The summed E-state index contributed by atoms with van der Waals surface area (Å²) in [6.45, 7) is 8.56. The molecule has 0 aromatic heterocycles. The van der Waals surface area contributed by atoms with E-state index in [0.29, 0.717) is 0 Å². The molecule has 3 rings (SSSR count). The molecule has 0 radical (unpaired) electrons. The molecule has 1 aromatic carbocycles. The highest BCUT2D eigenvalue weighted by Gasteiger charge is 2.28. The Morgan fingerprint density at radius 1 is 1.11 bits per heavy atom. The van der Waals surface area contributed by atoms with Gasteiger partial charge in [0.15, 0.2) is 0 Å². The van der Waals surface area contributed by atoms with Crippen LogP contribution in [0, 0.1) is 6.92 Å². The van der Waals surface area contributed by atoms with Crippen LogP contribution >= 0.6 is 0 Å². The molecule has 2 heterocycles. The van der Waals surface area contributed by atoms with Crippen molar-refractivity contribution in [3.8, 4) is 0 Å². The number of hydrogen-bond acceptors (Lipinski definition) is 2. The van der Waals surface area contributed by atoms with Gasteiger partial charge in [0.1, 0.15) is 0 Å². The molecule has 2 heteroatoms. The number of nitrogens with zero attached hydrogens (tertiary/aromatic N) is 2. The second-order valence-electron chi connectivity index (χ2n) is 5.85. The van der Waals surface area contributed by atoms with Gasteiger partial charge in [-0.15, -0.1) is 0 Å². The molecule has 1 atom stereocenters. The summed E-state index contributed by atoms with van der Waals surface area (Å²) in [6.07, 6.45) is 4.15. The van der Waals surface area contributed by atoms with Crippen molar-refractivity contribution in [2.75, 3.05) is 26.2 Å². The molecule has 2 saturated heterocycles. The second kappa shape index (κ2) is 5.41. The largest absolute Gasteiger partial charge is 0.299 e. The lowest BCUT2D eigenvalue weighted by molar-refractivity contribution is 0.215. The van der Waals surface area contributed by atoms with Gasteiger partial charge < -0.3 is 0 Å². The minimum atomic E-state index is 0.830. The van der Waals surface area contributed by atoms with Crippen LogP contribution in [0.15, 0.2) is 24.3 Å². The Morgan fingerprint density at radius 2 is 1.94 bits per heavy atom. The van der Waals surface area contributed by atoms with E-state index in [-0.39, 0.29) is 0 Å². The number of aryl methyl sites for hydroxylation is 1. The third-order valence-electron chi connectivity index (χ3n) is 4.54. The molecule has 18 heavy (non-hydrogen) atoms. The van der Waals surface area contributed by atoms with Crippen molar-refractivity contribution in [2.24, 2.45) is 0 Å². The lowest BCUT2D eigenvalue weighted by Gasteiger charge is -2.26. The second-order valence-corrected chi connectivity index (χ2v) is 5.85. The topological polar surface area (TPSA) is 6.48 Å². The van der Waals surface area contributed by atoms with Crippen molar-refractivity contribution in [1.82, 2.24) is 9.80 Å². The molecule has 0 spiro atoms. The van der Waals surface area contributed by atoms with Gasteiger partial charge >= 0.3 is 0 Å². The molecule has 0 saturated carbocycles. The Labute approximate surface area is 111 Å². The zero-order chi connectivity index (χ0) is 12.4. The summed E-state index contributed by atoms with van der Waals surface area (Å²) in [5.74, 6) is 0. The predicted octanol–water partition coefficient (Wildman–Crippen LogP) is 2.67. The third-order valence-corrected chi connectivity index (χ3v) is 4.54. The van der Waals surface area contributed by atoms with Crippen LogP contribution in [-0.4, -0.2) is 42.0 Å². The van der Waals surface area contributed by atoms with Gasteiger partial charge in [0.2, 0.25) is 0 Å². The van der Waals surface area contributed by atoms with Gasteiger partial charge in [0, 0.05) is 19.1 Å². The SMILES string of the molecule is Cc1ccccc1CN1CCCN2CCCC2C1. The lowest BCUT2D eigenvalue weighted by Crippen LogP contribution is -2.36. The summed E-state index contributed by atoms with van der Waals surface area (Å²) >= 11 is 0. The van der Waals surface area contributed by atoms with Crippen molar-refractivity contribution in [3.05, 3.63) is 35.4 Å². The Kier molecular flexibility index (Phi) is 3.67. The van der Waals surface area contributed by atoms with Crippen LogP contribution in [0.25, 0.3) is 0 Å². The van der Waals surface area contributed by atoms with Crippen LogP contribution in [0.3, 0.4) is 0 Å². The maximum atomic E-state index is 2.71. The Balaban J connectivity index is 1.67. The van der Waals surface area contributed by atoms with Crippen molar-refractivity contribution < 1.29 is 0 Å². The fourth-order valence-corrected chi connectivity index (χ4v) is 3.46. The first-order chi connectivity index (χ1) is 8.83. The Morgan fingerprint density at radius 3 is 2.83 bits per heavy atom. The van der Waals surface area contributed by atoms with Crippen LogP contribution in [0.2, 0.25) is 0 Å². The third kappa shape index (κ3) is 2.60. The summed E-state index contributed by atoms with van der Waals surface area (Å²) in [5.41, 5.74) is 2.94. The van der Waals surface area contributed by atoms with E-state index in [2.05, 4.69) is 41.0 Å². The van der Waals surface area contributed by atoms with E-state index in [1.54, 1.807) is 0 Å². The highest BCUT2D eigenvalue weighted by molar-refractivity contribution is 5.25. The molecular formula is C16H24N2. The quantitative estimate of drug-likeness (QED) is 0.789. The molecule has 1 unspecified atom stereocenters. The van der Waals surface area contributed by atoms with Crippen LogP contribution in [0.1, 0.15) is 30.4 Å². The normalized spacial score (nSPS) is 25.9. The molecule has 2 nitrogen and oxygen atoms in total. The minimum Gasteiger partial charge on any atom is -0.299 e. The van der Waals surface area contributed by atoms with Gasteiger partial charge in [-0.3, -0.25) is 9.80 Å². The van der Waals surface area contributed by atoms with E-state index in [4.69, 9.17) is 0 Å². The molecule has 0 aliphatic carbocycles. The Bertz CT molecular complexity index is 402. The zero-order valence-electron chi connectivity index (χ0n) is 11.4. The standard InChI is InChI=1S/C16H24N2/c1-14-6-2-3-7-15(14)12-17-9-5-11-18-10-4-8-16(18)13-17/h2-3,6-7,16H,4-5,8-13H2,1H3. The molecule has 0 amide bonds. The molecule has 0 bridgehead atoms. The van der Waals surface area contributed by atoms with Gasteiger partial charge in [-0.2, -0.15) is 0 Å². The van der Waals surface area contributed by atoms with Crippen molar-refractivity contribution in [2.45, 2.75) is 38.8 Å². The van der Waals surface area contributed by atoms with E-state index in [9.17, 15) is 0 Å². The predicted molar refractivity (Wildman–Crippen MR) is 75.7 cm³/mol. The van der Waals surface area contributed by atoms with Crippen LogP contribution in [-0.2, 0) is 6.54 Å². The summed E-state index contributed by atoms with van der Waals surface area (Å²) in [5, 5.41) is 0. The van der Waals surface area contributed by atoms with E-state index >= 15 is 0 Å². The van der Waals surface area contributed by atoms with Crippen molar-refractivity contribution in [1.29, 1.82) is 0 Å². The highest BCUT2D eigenvalue weighted by atomic mass is 15.3. The van der Waals surface area contributed by atoms with Gasteiger partial charge in [-0.1, -0.05) is 24.3 Å². The van der Waals surface area contributed by atoms with Crippen LogP contribution < -0.4 is 0 Å². The lowest BCUT2D eigenvalue weighted by atomic mass is 10.1. The number of rotatable bonds is 2. The molecule has 1 aromatic rings. The van der Waals surface area contributed by atoms with Gasteiger partial charge in [-0.25, -0.2) is 0 Å². The number of hydrogen-bond donors (Lipinski definition) is 0. The monoisotopic (exact) mass is 244 g/mol. The van der Waals surface area contributed by atoms with E-state index in [0.717, 1.165) is 12.6 Å². The average molecular weight is 244 g/mol. The first kappa shape index (κ1) is 12.2. The molecule has 0 N–H and O–H groups in total. The highest BCUT2D eigenvalue weighted by Crippen LogP contribution is 2.22. The molecule has 2 fully saturated rings. The molecule has 2 aliphatic rings. The fraction of sp³-hybridized carbons (Fsp3) is 0.625. The smallest absolute Gasteiger partial charge is 0.0237 e. The summed E-state index contributed by atoms with van der Waals surface area (Å²) in [4.78, 5) is 5.37. The van der Waals surface area contributed by atoms with Gasteiger partial charge in [0.25, 0.3) is 0 Å². The summed E-state index contributed by atoms with van der Waals surface area (Å²) < 4.78 is 0. The average Bonchev–Trinajstić information content (AvgIpc) is 2.71. The van der Waals surface area contributed by atoms with Crippen LogP contribution in [0.4, 0.5) is 0 Å². The van der Waals surface area contributed by atoms with E-state index in [1.807, 2.05) is 0 Å². The van der Waals surface area contributed by atoms with E-state index in [1.165, 1.54) is 56.6 Å². The zero-order valence-corrected chi connectivity index (χ0v) is 11.4. The summed E-state index contributed by atoms with van der Waals surface area (Å²) in [6, 6.07) is 9.65. The molecule has 2 aliphatic heterocycles. The maximum absolute atomic E-state index is 2.71. The summed E-state index contributed by atoms with van der Waals surface area (Å²) in [7, 11) is 0. The number of benzene rings is 1. The van der Waals surface area contributed by atoms with Crippen molar-refractivity contribution in [3.63, 3.8) is 0 Å². The minimum absolute atomic E-state index is 0.830. The van der Waals surface area contributed by atoms with E-state index < -0.39 is 0 Å². The maximum Gasteiger partial charge on any atom is 0.0237 e. The van der Waals surface area contributed by atoms with Gasteiger partial charge in [0.05, 0.1) is 0 Å². The Hall–Kier alpha value is -0.860. The van der Waals surface area contributed by atoms with Gasteiger partial charge in [-0.05, 0) is 56.9 Å². The fourth-order valence-electron chi connectivity index (χ4n) is 3.46. The van der Waals surface area contributed by atoms with Crippen molar-refractivity contribution >= 4 is 0 Å². The first-order valence-corrected chi connectivity index (χ1v) is 7.34. The number of fused-ring (bicyclic) bond motifs is 1. The molecule has 98 valence electrons.